The fourth-order valence-corrected chi connectivity index (χ4v) is 1.59. The molecule has 0 atom stereocenters. The largest absolute Gasteiger partial charge is 0.481 e. The highest BCUT2D eigenvalue weighted by Crippen LogP contribution is 2.15. The number of aromatic nitrogens is 2. The average Bonchev–Trinajstić information content (AvgIpc) is 2.71. The highest BCUT2D eigenvalue weighted by Gasteiger charge is 2.17. The molecule has 19 heavy (non-hydrogen) atoms. The Labute approximate surface area is 109 Å². The summed E-state index contributed by atoms with van der Waals surface area (Å²) in [5.74, 6) is -2.01. The van der Waals surface area contributed by atoms with E-state index in [-0.39, 0.29) is 36.6 Å². The van der Waals surface area contributed by atoms with E-state index in [0.717, 1.165) is 0 Å². The molecule has 0 fully saturated rings. The number of primary amides is 1. The second kappa shape index (κ2) is 6.53. The van der Waals surface area contributed by atoms with Crippen molar-refractivity contribution >= 4 is 23.5 Å². The number of nitrogens with two attached hydrogens (primary N) is 1. The van der Waals surface area contributed by atoms with Crippen LogP contribution in [0, 0.1) is 0 Å². The molecule has 0 aromatic carbocycles. The van der Waals surface area contributed by atoms with Crippen LogP contribution in [0.4, 0.5) is 5.69 Å². The van der Waals surface area contributed by atoms with Crippen LogP contribution in [0.2, 0.25) is 0 Å². The molecule has 0 spiro atoms. The van der Waals surface area contributed by atoms with E-state index in [4.69, 9.17) is 10.8 Å². The van der Waals surface area contributed by atoms with Gasteiger partial charge in [0.25, 0.3) is 5.91 Å². The van der Waals surface area contributed by atoms with Crippen LogP contribution in [0.15, 0.2) is 6.20 Å². The lowest BCUT2D eigenvalue weighted by atomic mass is 10.2. The van der Waals surface area contributed by atoms with Gasteiger partial charge in [0.15, 0.2) is 0 Å². The Kier molecular flexibility index (Phi) is 5.04. The van der Waals surface area contributed by atoms with E-state index >= 15 is 0 Å². The summed E-state index contributed by atoms with van der Waals surface area (Å²) in [6, 6.07) is 0. The Bertz CT molecular complexity index is 495. The Morgan fingerprint density at radius 2 is 2.11 bits per heavy atom. The molecule has 4 N–H and O–H groups in total. The Morgan fingerprint density at radius 3 is 2.63 bits per heavy atom. The van der Waals surface area contributed by atoms with Gasteiger partial charge in [0, 0.05) is 19.4 Å². The van der Waals surface area contributed by atoms with Gasteiger partial charge >= 0.3 is 5.97 Å². The van der Waals surface area contributed by atoms with Gasteiger partial charge in [-0.05, 0) is 13.3 Å². The van der Waals surface area contributed by atoms with Crippen LogP contribution < -0.4 is 11.1 Å². The summed E-state index contributed by atoms with van der Waals surface area (Å²) < 4.78 is 1.38. The van der Waals surface area contributed by atoms with Crippen LogP contribution in [-0.4, -0.2) is 32.7 Å². The topological polar surface area (TPSA) is 127 Å². The van der Waals surface area contributed by atoms with E-state index in [1.807, 2.05) is 0 Å². The smallest absolute Gasteiger partial charge is 0.303 e. The number of aryl methyl sites for hydroxylation is 1. The molecule has 0 aliphatic rings. The van der Waals surface area contributed by atoms with Crippen molar-refractivity contribution in [3.63, 3.8) is 0 Å². The number of hydrogen-bond acceptors (Lipinski definition) is 4. The zero-order valence-corrected chi connectivity index (χ0v) is 10.5. The Balaban J connectivity index is 2.66. The molecule has 0 bridgehead atoms. The van der Waals surface area contributed by atoms with E-state index in [9.17, 15) is 14.4 Å². The van der Waals surface area contributed by atoms with Gasteiger partial charge in [-0.1, -0.05) is 0 Å². The third-order valence-electron chi connectivity index (χ3n) is 2.44. The first-order chi connectivity index (χ1) is 8.95. The summed E-state index contributed by atoms with van der Waals surface area (Å²) in [7, 11) is 0. The van der Waals surface area contributed by atoms with Gasteiger partial charge in [0.1, 0.15) is 5.69 Å². The first-order valence-corrected chi connectivity index (χ1v) is 5.83. The molecule has 0 radical (unpaired) electrons. The van der Waals surface area contributed by atoms with Gasteiger partial charge in [-0.3, -0.25) is 19.1 Å². The molecule has 1 rings (SSSR count). The highest BCUT2D eigenvalue weighted by atomic mass is 16.4. The average molecular weight is 268 g/mol. The number of nitrogens with zero attached hydrogens (tertiary/aromatic N) is 2. The molecule has 8 heteroatoms. The van der Waals surface area contributed by atoms with Crippen LogP contribution >= 0.6 is 0 Å². The SMILES string of the molecule is CCn1ncc(NC(=O)CCCC(=O)O)c1C(N)=O. The minimum absolute atomic E-state index is 0.0573. The zero-order valence-electron chi connectivity index (χ0n) is 10.5. The van der Waals surface area contributed by atoms with Crippen molar-refractivity contribution < 1.29 is 19.5 Å². The number of carboxylic acid groups (broad SMARTS) is 1. The number of hydrogen-bond donors (Lipinski definition) is 3. The quantitative estimate of drug-likeness (QED) is 0.650. The molecule has 1 aromatic rings. The zero-order chi connectivity index (χ0) is 14.4. The summed E-state index contributed by atoms with van der Waals surface area (Å²) in [5.41, 5.74) is 5.60. The third-order valence-corrected chi connectivity index (χ3v) is 2.44. The highest BCUT2D eigenvalue weighted by molar-refractivity contribution is 6.01. The van der Waals surface area contributed by atoms with Crippen molar-refractivity contribution in [3.05, 3.63) is 11.9 Å². The monoisotopic (exact) mass is 268 g/mol. The summed E-state index contributed by atoms with van der Waals surface area (Å²) >= 11 is 0. The fourth-order valence-electron chi connectivity index (χ4n) is 1.59. The molecule has 2 amide bonds. The van der Waals surface area contributed by atoms with Crippen molar-refractivity contribution in [2.75, 3.05) is 5.32 Å². The molecule has 0 aliphatic carbocycles. The van der Waals surface area contributed by atoms with Crippen LogP contribution in [0.1, 0.15) is 36.7 Å². The van der Waals surface area contributed by atoms with Gasteiger partial charge in [0.05, 0.1) is 11.9 Å². The number of aliphatic carboxylic acids is 1. The van der Waals surface area contributed by atoms with E-state index in [2.05, 4.69) is 10.4 Å². The van der Waals surface area contributed by atoms with Crippen molar-refractivity contribution in [1.29, 1.82) is 0 Å². The third kappa shape index (κ3) is 4.09. The summed E-state index contributed by atoms with van der Waals surface area (Å²) in [6.07, 6.45) is 1.56. The fraction of sp³-hybridized carbons (Fsp3) is 0.455. The second-order valence-electron chi connectivity index (χ2n) is 3.88. The van der Waals surface area contributed by atoms with Crippen LogP contribution in [0.25, 0.3) is 0 Å². The molecule has 0 saturated heterocycles. The lowest BCUT2D eigenvalue weighted by Crippen LogP contribution is -2.21. The maximum absolute atomic E-state index is 11.6. The Hall–Kier alpha value is -2.38. The minimum Gasteiger partial charge on any atom is -0.481 e. The summed E-state index contributed by atoms with van der Waals surface area (Å²) in [5, 5.41) is 14.9. The summed E-state index contributed by atoms with van der Waals surface area (Å²) in [6.45, 7) is 2.24. The molecule has 104 valence electrons. The van der Waals surface area contributed by atoms with E-state index in [1.54, 1.807) is 6.92 Å². The van der Waals surface area contributed by atoms with Crippen molar-refractivity contribution in [2.24, 2.45) is 5.73 Å². The molecular weight excluding hydrogens is 252 g/mol. The van der Waals surface area contributed by atoms with Crippen molar-refractivity contribution in [3.8, 4) is 0 Å². The number of nitrogens with one attached hydrogen (secondary N) is 1. The lowest BCUT2D eigenvalue weighted by molar-refractivity contribution is -0.137. The van der Waals surface area contributed by atoms with Crippen LogP contribution in [0.5, 0.6) is 0 Å². The number of rotatable bonds is 7. The van der Waals surface area contributed by atoms with E-state index in [0.29, 0.717) is 6.54 Å². The number of carbonyl (C=O) groups is 3. The predicted octanol–water partition coefficient (Wildman–Crippen LogP) is 0.195. The molecule has 0 unspecified atom stereocenters. The number of anilines is 1. The standard InChI is InChI=1S/C11H16N4O4/c1-2-15-10(11(12)19)7(6-13-15)14-8(16)4-3-5-9(17)18/h6H,2-5H2,1H3,(H2,12,19)(H,14,16)(H,17,18). The van der Waals surface area contributed by atoms with Gasteiger partial charge in [-0.15, -0.1) is 0 Å². The first kappa shape index (κ1) is 14.7. The van der Waals surface area contributed by atoms with Gasteiger partial charge in [0.2, 0.25) is 5.91 Å². The van der Waals surface area contributed by atoms with Crippen molar-refractivity contribution in [2.45, 2.75) is 32.7 Å². The van der Waals surface area contributed by atoms with E-state index in [1.165, 1.54) is 10.9 Å². The maximum Gasteiger partial charge on any atom is 0.303 e. The molecule has 1 heterocycles. The van der Waals surface area contributed by atoms with Gasteiger partial charge < -0.3 is 16.2 Å². The molecule has 0 saturated carbocycles. The lowest BCUT2D eigenvalue weighted by Gasteiger charge is -2.05. The Morgan fingerprint density at radius 1 is 1.42 bits per heavy atom. The maximum atomic E-state index is 11.6. The van der Waals surface area contributed by atoms with Crippen LogP contribution in [-0.2, 0) is 16.1 Å². The molecule has 0 aliphatic heterocycles. The predicted molar refractivity (Wildman–Crippen MR) is 66.5 cm³/mol. The number of amides is 2. The molecular formula is C11H16N4O4. The van der Waals surface area contributed by atoms with Crippen LogP contribution in [0.3, 0.4) is 0 Å². The van der Waals surface area contributed by atoms with E-state index < -0.39 is 11.9 Å². The molecule has 1 aromatic heterocycles. The normalized spacial score (nSPS) is 10.2. The van der Waals surface area contributed by atoms with Gasteiger partial charge in [-0.2, -0.15) is 5.10 Å². The molecule has 8 nitrogen and oxygen atoms in total. The second-order valence-corrected chi connectivity index (χ2v) is 3.88. The van der Waals surface area contributed by atoms with Gasteiger partial charge in [-0.25, -0.2) is 0 Å². The first-order valence-electron chi connectivity index (χ1n) is 5.83. The summed E-state index contributed by atoms with van der Waals surface area (Å²) in [4.78, 5) is 33.2. The minimum atomic E-state index is -0.954. The number of carboxylic acids is 1. The van der Waals surface area contributed by atoms with Crippen molar-refractivity contribution in [1.82, 2.24) is 9.78 Å². The number of carbonyl (C=O) groups excluding carboxylic acids is 2.